The molecule has 0 aliphatic carbocycles. The minimum Gasteiger partial charge on any atom is -0.492 e. The summed E-state index contributed by atoms with van der Waals surface area (Å²) in [6.07, 6.45) is 2.28. The van der Waals surface area contributed by atoms with Crippen LogP contribution in [0.4, 0.5) is 5.69 Å². The Balaban J connectivity index is 1.72. The number of hydrogen-bond acceptors (Lipinski definition) is 4. The van der Waals surface area contributed by atoms with Gasteiger partial charge in [0.15, 0.2) is 0 Å². The Labute approximate surface area is 128 Å². The van der Waals surface area contributed by atoms with Gasteiger partial charge in [-0.05, 0) is 50.6 Å². The summed E-state index contributed by atoms with van der Waals surface area (Å²) in [7, 11) is 0. The molecule has 0 aromatic heterocycles. The van der Waals surface area contributed by atoms with Crippen molar-refractivity contribution < 1.29 is 4.74 Å². The van der Waals surface area contributed by atoms with Crippen LogP contribution in [0.15, 0.2) is 18.2 Å². The maximum absolute atomic E-state index is 6.01. The van der Waals surface area contributed by atoms with Crippen molar-refractivity contribution in [2.45, 2.75) is 26.7 Å². The zero-order chi connectivity index (χ0) is 15.1. The number of ether oxygens (including phenoxy) is 1. The minimum atomic E-state index is 0.660. The zero-order valence-corrected chi connectivity index (χ0v) is 13.5. The number of hydrogen-bond donors (Lipinski definition) is 1. The maximum Gasteiger partial charge on any atom is 0.142 e. The summed E-state index contributed by atoms with van der Waals surface area (Å²) in [6.45, 7) is 12.1. The molecule has 1 aromatic carbocycles. The Hall–Kier alpha value is -1.26. The molecule has 1 heterocycles. The molecule has 0 spiro atoms. The highest BCUT2D eigenvalue weighted by molar-refractivity contribution is 5.54. The van der Waals surface area contributed by atoms with Gasteiger partial charge in [0.2, 0.25) is 0 Å². The van der Waals surface area contributed by atoms with E-state index in [2.05, 4.69) is 28.9 Å². The molecule has 4 nitrogen and oxygen atoms in total. The lowest BCUT2D eigenvalue weighted by molar-refractivity contribution is 0.136. The average molecular weight is 291 g/mol. The van der Waals surface area contributed by atoms with Crippen molar-refractivity contribution in [3.63, 3.8) is 0 Å². The number of piperazine rings is 1. The Kier molecular flexibility index (Phi) is 6.33. The normalized spacial score (nSPS) is 17.0. The van der Waals surface area contributed by atoms with Gasteiger partial charge >= 0.3 is 0 Å². The van der Waals surface area contributed by atoms with E-state index in [0.29, 0.717) is 6.61 Å². The second-order valence-corrected chi connectivity index (χ2v) is 5.68. The Morgan fingerprint density at radius 3 is 2.43 bits per heavy atom. The summed E-state index contributed by atoms with van der Waals surface area (Å²) in [5.74, 6) is 0.803. The quantitative estimate of drug-likeness (QED) is 0.782. The van der Waals surface area contributed by atoms with E-state index in [4.69, 9.17) is 10.5 Å². The van der Waals surface area contributed by atoms with Crippen molar-refractivity contribution in [2.24, 2.45) is 0 Å². The Morgan fingerprint density at radius 2 is 1.81 bits per heavy atom. The minimum absolute atomic E-state index is 0.660. The van der Waals surface area contributed by atoms with E-state index in [0.717, 1.165) is 17.9 Å². The van der Waals surface area contributed by atoms with E-state index in [1.807, 2.05) is 13.0 Å². The predicted molar refractivity (Wildman–Crippen MR) is 88.9 cm³/mol. The number of nitrogen functional groups attached to an aromatic ring is 1. The first-order valence-corrected chi connectivity index (χ1v) is 8.18. The third-order valence-corrected chi connectivity index (χ3v) is 4.23. The predicted octanol–water partition coefficient (Wildman–Crippen LogP) is 2.24. The number of anilines is 1. The molecule has 2 N–H and O–H groups in total. The molecule has 1 aliphatic rings. The van der Waals surface area contributed by atoms with Crippen LogP contribution in [-0.2, 0) is 6.42 Å². The van der Waals surface area contributed by atoms with Crippen LogP contribution in [0.2, 0.25) is 0 Å². The maximum atomic E-state index is 6.01. The van der Waals surface area contributed by atoms with Gasteiger partial charge in [0.25, 0.3) is 0 Å². The number of nitrogens with two attached hydrogens (primary N) is 1. The first-order chi connectivity index (χ1) is 10.2. The number of aryl methyl sites for hydroxylation is 1. The van der Waals surface area contributed by atoms with E-state index >= 15 is 0 Å². The van der Waals surface area contributed by atoms with Gasteiger partial charge in [-0.1, -0.05) is 13.0 Å². The Morgan fingerprint density at radius 1 is 1.10 bits per heavy atom. The van der Waals surface area contributed by atoms with Crippen LogP contribution in [-0.4, -0.2) is 55.7 Å². The number of rotatable bonds is 7. The second kappa shape index (κ2) is 8.25. The van der Waals surface area contributed by atoms with Crippen molar-refractivity contribution in [3.8, 4) is 5.75 Å². The largest absolute Gasteiger partial charge is 0.492 e. The molecule has 0 unspecified atom stereocenters. The number of benzene rings is 1. The zero-order valence-electron chi connectivity index (χ0n) is 13.5. The lowest BCUT2D eigenvalue weighted by atomic mass is 10.1. The first kappa shape index (κ1) is 16.1. The van der Waals surface area contributed by atoms with Crippen LogP contribution in [0.5, 0.6) is 5.75 Å². The summed E-state index contributed by atoms with van der Waals surface area (Å²) in [5, 5.41) is 0. The van der Waals surface area contributed by atoms with E-state index in [1.54, 1.807) is 0 Å². The van der Waals surface area contributed by atoms with Gasteiger partial charge in [-0.15, -0.1) is 0 Å². The summed E-state index contributed by atoms with van der Waals surface area (Å²) in [6, 6.07) is 6.19. The average Bonchev–Trinajstić information content (AvgIpc) is 2.51. The smallest absolute Gasteiger partial charge is 0.142 e. The van der Waals surface area contributed by atoms with Crippen molar-refractivity contribution in [3.05, 3.63) is 23.8 Å². The molecular formula is C17H29N3O. The first-order valence-electron chi connectivity index (χ1n) is 8.18. The van der Waals surface area contributed by atoms with Crippen LogP contribution in [0.1, 0.15) is 25.8 Å². The van der Waals surface area contributed by atoms with Crippen LogP contribution >= 0.6 is 0 Å². The van der Waals surface area contributed by atoms with E-state index in [1.165, 1.54) is 51.3 Å². The van der Waals surface area contributed by atoms with Crippen LogP contribution in [0, 0.1) is 0 Å². The molecule has 118 valence electrons. The molecule has 1 fully saturated rings. The fourth-order valence-electron chi connectivity index (χ4n) is 2.88. The van der Waals surface area contributed by atoms with Crippen molar-refractivity contribution in [2.75, 3.05) is 51.6 Å². The highest BCUT2D eigenvalue weighted by Crippen LogP contribution is 2.23. The van der Waals surface area contributed by atoms with Gasteiger partial charge in [-0.3, -0.25) is 0 Å². The van der Waals surface area contributed by atoms with Gasteiger partial charge in [-0.2, -0.15) is 0 Å². The molecule has 0 saturated carbocycles. The number of nitrogens with zero attached hydrogens (tertiary/aromatic N) is 2. The lowest BCUT2D eigenvalue weighted by Gasteiger charge is -2.34. The lowest BCUT2D eigenvalue weighted by Crippen LogP contribution is -2.46. The van der Waals surface area contributed by atoms with Crippen molar-refractivity contribution >= 4 is 5.69 Å². The van der Waals surface area contributed by atoms with Gasteiger partial charge in [0.1, 0.15) is 5.75 Å². The summed E-state index contributed by atoms with van der Waals surface area (Å²) in [4.78, 5) is 5.09. The molecule has 4 heteroatoms. The molecule has 0 bridgehead atoms. The van der Waals surface area contributed by atoms with Gasteiger partial charge in [0.05, 0.1) is 12.3 Å². The van der Waals surface area contributed by atoms with Crippen LogP contribution in [0.25, 0.3) is 0 Å². The molecule has 0 amide bonds. The van der Waals surface area contributed by atoms with E-state index in [-0.39, 0.29) is 0 Å². The second-order valence-electron chi connectivity index (χ2n) is 5.68. The third kappa shape index (κ3) is 4.90. The highest BCUT2D eigenvalue weighted by Gasteiger charge is 2.14. The fourth-order valence-corrected chi connectivity index (χ4v) is 2.88. The van der Waals surface area contributed by atoms with Gasteiger partial charge in [0, 0.05) is 26.2 Å². The topological polar surface area (TPSA) is 41.7 Å². The molecular weight excluding hydrogens is 262 g/mol. The molecule has 2 rings (SSSR count). The standard InChI is InChI=1S/C17H29N3O/c1-3-19-10-12-20(13-11-19)9-5-6-15-7-8-17(21-4-2)16(18)14-15/h7-8,14H,3-6,9-13,18H2,1-2H3. The SMILES string of the molecule is CCOc1ccc(CCCN2CCN(CC)CC2)cc1N. The monoisotopic (exact) mass is 291 g/mol. The van der Waals surface area contributed by atoms with Gasteiger partial charge < -0.3 is 20.3 Å². The van der Waals surface area contributed by atoms with Crippen LogP contribution in [0.3, 0.4) is 0 Å². The highest BCUT2D eigenvalue weighted by atomic mass is 16.5. The van der Waals surface area contributed by atoms with Crippen LogP contribution < -0.4 is 10.5 Å². The van der Waals surface area contributed by atoms with Crippen molar-refractivity contribution in [1.29, 1.82) is 0 Å². The number of likely N-dealkylation sites (N-methyl/N-ethyl adjacent to an activating group) is 1. The summed E-state index contributed by atoms with van der Waals surface area (Å²) in [5.41, 5.74) is 8.08. The van der Waals surface area contributed by atoms with Crippen molar-refractivity contribution in [1.82, 2.24) is 9.80 Å². The third-order valence-electron chi connectivity index (χ3n) is 4.23. The molecule has 21 heavy (non-hydrogen) atoms. The van der Waals surface area contributed by atoms with Gasteiger partial charge in [-0.25, -0.2) is 0 Å². The molecule has 1 aliphatic heterocycles. The summed E-state index contributed by atoms with van der Waals surface area (Å²) >= 11 is 0. The summed E-state index contributed by atoms with van der Waals surface area (Å²) < 4.78 is 5.47. The molecule has 1 aromatic rings. The fraction of sp³-hybridized carbons (Fsp3) is 0.647. The van der Waals surface area contributed by atoms with E-state index < -0.39 is 0 Å². The molecule has 0 radical (unpaired) electrons. The van der Waals surface area contributed by atoms with E-state index in [9.17, 15) is 0 Å². The molecule has 1 saturated heterocycles. The Bertz CT molecular complexity index is 428. The molecule has 0 atom stereocenters.